The van der Waals surface area contributed by atoms with Gasteiger partial charge in [0.05, 0.1) is 12.0 Å². The summed E-state index contributed by atoms with van der Waals surface area (Å²) >= 11 is 7.53. The highest BCUT2D eigenvalue weighted by Crippen LogP contribution is 2.33. The van der Waals surface area contributed by atoms with Gasteiger partial charge in [-0.2, -0.15) is 0 Å². The van der Waals surface area contributed by atoms with E-state index >= 15 is 0 Å². The Bertz CT molecular complexity index is 1060. The van der Waals surface area contributed by atoms with Crippen LogP contribution in [0, 0.1) is 12.7 Å². The van der Waals surface area contributed by atoms with Crippen molar-refractivity contribution in [3.05, 3.63) is 82.8 Å². The Morgan fingerprint density at radius 2 is 1.93 bits per heavy atom. The van der Waals surface area contributed by atoms with E-state index in [9.17, 15) is 4.39 Å². The molecule has 0 atom stereocenters. The van der Waals surface area contributed by atoms with E-state index in [4.69, 9.17) is 16.0 Å². The Morgan fingerprint density at radius 1 is 1.07 bits per heavy atom. The fraction of sp³-hybridized carbons (Fsp3) is 0.100. The van der Waals surface area contributed by atoms with E-state index in [-0.39, 0.29) is 5.82 Å². The van der Waals surface area contributed by atoms with Crippen LogP contribution in [0.5, 0.6) is 0 Å². The molecule has 0 N–H and O–H groups in total. The fourth-order valence-electron chi connectivity index (χ4n) is 2.77. The second kappa shape index (κ2) is 7.58. The molecule has 0 unspecified atom stereocenters. The molecule has 2 heterocycles. The van der Waals surface area contributed by atoms with Crippen LogP contribution < -0.4 is 0 Å². The van der Waals surface area contributed by atoms with Crippen molar-refractivity contribution in [3.8, 4) is 17.3 Å². The molecule has 2 aromatic heterocycles. The Hall–Kier alpha value is -2.57. The smallest absolute Gasteiger partial charge is 0.205 e. The largest absolute Gasteiger partial charge is 0.461 e. The third kappa shape index (κ3) is 3.50. The van der Waals surface area contributed by atoms with E-state index in [1.807, 2.05) is 41.8 Å². The highest BCUT2D eigenvalue weighted by Gasteiger charge is 2.20. The molecule has 0 saturated heterocycles. The number of hydrogen-bond acceptors (Lipinski definition) is 4. The minimum atomic E-state index is -0.330. The Morgan fingerprint density at radius 3 is 2.67 bits per heavy atom. The third-order valence-electron chi connectivity index (χ3n) is 4.14. The number of thioether (sulfide) groups is 1. The lowest BCUT2D eigenvalue weighted by molar-refractivity contribution is 0.575. The lowest BCUT2D eigenvalue weighted by atomic mass is 10.2. The number of furan rings is 1. The average Bonchev–Trinajstić information content (AvgIpc) is 3.31. The highest BCUT2D eigenvalue weighted by atomic mass is 35.5. The van der Waals surface area contributed by atoms with E-state index in [0.717, 1.165) is 11.3 Å². The van der Waals surface area contributed by atoms with Gasteiger partial charge in [-0.3, -0.25) is 4.57 Å². The van der Waals surface area contributed by atoms with Gasteiger partial charge in [-0.05, 0) is 42.8 Å². The Kier molecular flexibility index (Phi) is 5.01. The van der Waals surface area contributed by atoms with Crippen molar-refractivity contribution in [2.75, 3.05) is 0 Å². The number of aromatic nitrogens is 3. The van der Waals surface area contributed by atoms with Gasteiger partial charge in [0.15, 0.2) is 10.9 Å². The molecule has 0 fully saturated rings. The number of halogens is 2. The van der Waals surface area contributed by atoms with Gasteiger partial charge in [0, 0.05) is 16.3 Å². The standard InChI is InChI=1S/C20H15ClFN3OS/c1-13-6-2-3-9-17(13)25-19(18-10-5-11-26-18)23-24-20(25)27-12-14-15(21)7-4-8-16(14)22/h2-11H,12H2,1H3. The van der Waals surface area contributed by atoms with Crippen LogP contribution in [0.1, 0.15) is 11.1 Å². The highest BCUT2D eigenvalue weighted by molar-refractivity contribution is 7.98. The SMILES string of the molecule is Cc1ccccc1-n1c(SCc2c(F)cccc2Cl)nnc1-c1ccco1. The van der Waals surface area contributed by atoms with Gasteiger partial charge in [-0.1, -0.05) is 47.6 Å². The molecular formula is C20H15ClFN3OS. The van der Waals surface area contributed by atoms with Gasteiger partial charge in [-0.15, -0.1) is 10.2 Å². The zero-order valence-corrected chi connectivity index (χ0v) is 16.0. The Balaban J connectivity index is 1.76. The predicted octanol–water partition coefficient (Wildman–Crippen LogP) is 5.92. The van der Waals surface area contributed by atoms with Crippen LogP contribution in [0.2, 0.25) is 5.02 Å². The molecule has 2 aromatic carbocycles. The number of benzene rings is 2. The third-order valence-corrected chi connectivity index (χ3v) is 5.45. The van der Waals surface area contributed by atoms with Gasteiger partial charge in [-0.25, -0.2) is 4.39 Å². The van der Waals surface area contributed by atoms with Crippen LogP contribution >= 0.6 is 23.4 Å². The summed E-state index contributed by atoms with van der Waals surface area (Å²) in [7, 11) is 0. The van der Waals surface area contributed by atoms with Gasteiger partial charge in [0.2, 0.25) is 5.82 Å². The molecule has 0 amide bonds. The van der Waals surface area contributed by atoms with E-state index in [2.05, 4.69) is 10.2 Å². The maximum atomic E-state index is 14.1. The van der Waals surface area contributed by atoms with E-state index in [1.165, 1.54) is 17.8 Å². The molecule has 7 heteroatoms. The quantitative estimate of drug-likeness (QED) is 0.391. The average molecular weight is 400 g/mol. The number of hydrogen-bond donors (Lipinski definition) is 0. The van der Waals surface area contributed by atoms with Gasteiger partial charge in [0.25, 0.3) is 0 Å². The number of para-hydroxylation sites is 1. The van der Waals surface area contributed by atoms with Gasteiger partial charge in [0.1, 0.15) is 5.82 Å². The zero-order valence-electron chi connectivity index (χ0n) is 14.4. The van der Waals surface area contributed by atoms with Crippen molar-refractivity contribution in [1.29, 1.82) is 0 Å². The van der Waals surface area contributed by atoms with Gasteiger partial charge < -0.3 is 4.42 Å². The van der Waals surface area contributed by atoms with Crippen LogP contribution in [0.3, 0.4) is 0 Å². The van der Waals surface area contributed by atoms with Crippen LogP contribution in [-0.4, -0.2) is 14.8 Å². The molecule has 0 saturated carbocycles. The summed E-state index contributed by atoms with van der Waals surface area (Å²) < 4.78 is 21.6. The first-order valence-electron chi connectivity index (χ1n) is 8.26. The summed E-state index contributed by atoms with van der Waals surface area (Å²) in [5.41, 5.74) is 2.45. The maximum absolute atomic E-state index is 14.1. The number of aryl methyl sites for hydroxylation is 1. The van der Waals surface area contributed by atoms with E-state index in [1.54, 1.807) is 24.5 Å². The molecule has 136 valence electrons. The maximum Gasteiger partial charge on any atom is 0.205 e. The van der Waals surface area contributed by atoms with Crippen molar-refractivity contribution < 1.29 is 8.81 Å². The molecule has 4 aromatic rings. The first-order chi connectivity index (χ1) is 13.1. The van der Waals surface area contributed by atoms with E-state index < -0.39 is 0 Å². The lowest BCUT2D eigenvalue weighted by Crippen LogP contribution is -2.02. The van der Waals surface area contributed by atoms with Crippen molar-refractivity contribution in [3.63, 3.8) is 0 Å². The summed E-state index contributed by atoms with van der Waals surface area (Å²) in [6.07, 6.45) is 1.60. The summed E-state index contributed by atoms with van der Waals surface area (Å²) in [5.74, 6) is 1.22. The zero-order chi connectivity index (χ0) is 18.8. The van der Waals surface area contributed by atoms with Crippen LogP contribution in [0.15, 0.2) is 70.4 Å². The van der Waals surface area contributed by atoms with Crippen molar-refractivity contribution in [2.45, 2.75) is 17.8 Å². The minimum Gasteiger partial charge on any atom is -0.461 e. The predicted molar refractivity (Wildman–Crippen MR) is 105 cm³/mol. The second-order valence-corrected chi connectivity index (χ2v) is 7.24. The van der Waals surface area contributed by atoms with E-state index in [0.29, 0.717) is 33.1 Å². The molecule has 0 radical (unpaired) electrons. The van der Waals surface area contributed by atoms with Crippen LogP contribution in [0.25, 0.3) is 17.3 Å². The summed E-state index contributed by atoms with van der Waals surface area (Å²) in [5, 5.41) is 9.65. The topological polar surface area (TPSA) is 43.9 Å². The molecule has 27 heavy (non-hydrogen) atoms. The van der Waals surface area contributed by atoms with Crippen LogP contribution in [0.4, 0.5) is 4.39 Å². The van der Waals surface area contributed by atoms with Crippen molar-refractivity contribution in [1.82, 2.24) is 14.8 Å². The molecule has 0 bridgehead atoms. The number of rotatable bonds is 5. The molecular weight excluding hydrogens is 385 g/mol. The first kappa shape index (κ1) is 17.8. The molecule has 0 aliphatic rings. The molecule has 0 spiro atoms. The van der Waals surface area contributed by atoms with Crippen molar-refractivity contribution >= 4 is 23.4 Å². The van der Waals surface area contributed by atoms with Crippen LogP contribution in [-0.2, 0) is 5.75 Å². The lowest BCUT2D eigenvalue weighted by Gasteiger charge is -2.12. The summed E-state index contributed by atoms with van der Waals surface area (Å²) in [4.78, 5) is 0. The monoisotopic (exact) mass is 399 g/mol. The fourth-order valence-corrected chi connectivity index (χ4v) is 4.06. The van der Waals surface area contributed by atoms with Gasteiger partial charge >= 0.3 is 0 Å². The molecule has 4 rings (SSSR count). The molecule has 0 aliphatic heterocycles. The minimum absolute atomic E-state index is 0.330. The first-order valence-corrected chi connectivity index (χ1v) is 9.62. The van der Waals surface area contributed by atoms with Crippen molar-refractivity contribution in [2.24, 2.45) is 0 Å². The summed E-state index contributed by atoms with van der Waals surface area (Å²) in [6.45, 7) is 2.02. The molecule has 0 aliphatic carbocycles. The molecule has 4 nitrogen and oxygen atoms in total. The normalized spacial score (nSPS) is 11.1. The number of nitrogens with zero attached hydrogens (tertiary/aromatic N) is 3. The second-order valence-electron chi connectivity index (χ2n) is 5.89. The summed E-state index contributed by atoms with van der Waals surface area (Å²) in [6, 6.07) is 16.3. The Labute approximate surface area is 165 Å².